The molecule has 7 aromatic carbocycles. The summed E-state index contributed by atoms with van der Waals surface area (Å²) >= 11 is 0. The van der Waals surface area contributed by atoms with Crippen LogP contribution in [0.15, 0.2) is 188 Å². The van der Waals surface area contributed by atoms with E-state index < -0.39 is 0 Å². The molecule has 2 aliphatic carbocycles. The molecule has 57 heavy (non-hydrogen) atoms. The highest BCUT2D eigenvalue weighted by molar-refractivity contribution is 5.97. The average Bonchev–Trinajstić information content (AvgIpc) is 3.58. The Morgan fingerprint density at radius 1 is 0.614 bits per heavy atom. The molecule has 0 heterocycles. The van der Waals surface area contributed by atoms with Gasteiger partial charge in [-0.1, -0.05) is 188 Å². The predicted molar refractivity (Wildman–Crippen MR) is 245 cm³/mol. The third-order valence-electron chi connectivity index (χ3n) is 10.8. The summed E-state index contributed by atoms with van der Waals surface area (Å²) in [6, 6.07) is 61.3. The smallest absolute Gasteiger partial charge is 0.0713 e. The molecular formula is C53H54N4. The molecule has 0 atom stereocenters. The van der Waals surface area contributed by atoms with E-state index in [1.807, 2.05) is 50.5 Å². The summed E-state index contributed by atoms with van der Waals surface area (Å²) in [5.74, 6) is 0. The van der Waals surface area contributed by atoms with E-state index in [0.29, 0.717) is 6.54 Å². The molecule has 0 spiro atoms. The van der Waals surface area contributed by atoms with Crippen LogP contribution in [0.4, 0.5) is 11.4 Å². The van der Waals surface area contributed by atoms with E-state index in [1.165, 1.54) is 86.7 Å². The van der Waals surface area contributed by atoms with Gasteiger partial charge in [-0.2, -0.15) is 0 Å². The first-order valence-corrected chi connectivity index (χ1v) is 19.8. The highest BCUT2D eigenvalue weighted by atomic mass is 14.9. The second kappa shape index (κ2) is 19.4. The summed E-state index contributed by atoms with van der Waals surface area (Å²) in [5, 5.41) is 14.4. The third-order valence-corrected chi connectivity index (χ3v) is 10.8. The number of nitrogens with two attached hydrogens (primary N) is 1. The SMILES string of the molecule is C=C1CCC1.CNc1cccc(-c2ccc(C)cc2)c1NC.N=Cc1cccc2c1-c1ccccc1C2(c1ccccc1)c1ccccc1.NCc1ccccc1. The summed E-state index contributed by atoms with van der Waals surface area (Å²) < 4.78 is 0. The fourth-order valence-corrected chi connectivity index (χ4v) is 7.69. The van der Waals surface area contributed by atoms with Crippen molar-refractivity contribution in [1.82, 2.24) is 0 Å². The van der Waals surface area contributed by atoms with E-state index in [-0.39, 0.29) is 5.41 Å². The largest absolute Gasteiger partial charge is 0.386 e. The molecule has 5 N–H and O–H groups in total. The maximum atomic E-state index is 7.97. The van der Waals surface area contributed by atoms with Gasteiger partial charge in [0.1, 0.15) is 0 Å². The Labute approximate surface area is 339 Å². The van der Waals surface area contributed by atoms with Gasteiger partial charge in [0.25, 0.3) is 0 Å². The molecule has 0 bridgehead atoms. The summed E-state index contributed by atoms with van der Waals surface area (Å²) in [5.41, 5.74) is 22.0. The number of aryl methyl sites for hydroxylation is 1. The zero-order chi connectivity index (χ0) is 40.0. The zero-order valence-electron chi connectivity index (χ0n) is 33.4. The fraction of sp³-hybridized carbons (Fsp3) is 0.151. The monoisotopic (exact) mass is 746 g/mol. The van der Waals surface area contributed by atoms with Crippen molar-refractivity contribution in [2.24, 2.45) is 5.73 Å². The van der Waals surface area contributed by atoms with Gasteiger partial charge in [-0.05, 0) is 76.8 Å². The van der Waals surface area contributed by atoms with Crippen LogP contribution in [-0.2, 0) is 12.0 Å². The summed E-state index contributed by atoms with van der Waals surface area (Å²) in [6.07, 6.45) is 5.44. The van der Waals surface area contributed by atoms with Gasteiger partial charge in [0, 0.05) is 38.0 Å². The van der Waals surface area contributed by atoms with Crippen LogP contribution in [0, 0.1) is 12.3 Å². The molecule has 1 fully saturated rings. The zero-order valence-corrected chi connectivity index (χ0v) is 33.4. The van der Waals surface area contributed by atoms with E-state index in [4.69, 9.17) is 11.1 Å². The molecular weight excluding hydrogens is 693 g/mol. The number of allylic oxidation sites excluding steroid dienone is 1. The topological polar surface area (TPSA) is 73.9 Å². The van der Waals surface area contributed by atoms with Crippen molar-refractivity contribution in [3.63, 3.8) is 0 Å². The van der Waals surface area contributed by atoms with Crippen molar-refractivity contribution in [1.29, 1.82) is 5.41 Å². The Balaban J connectivity index is 0.000000154. The van der Waals surface area contributed by atoms with Gasteiger partial charge in [-0.3, -0.25) is 0 Å². The molecule has 0 unspecified atom stereocenters. The van der Waals surface area contributed by atoms with Crippen molar-refractivity contribution in [3.8, 4) is 22.3 Å². The Kier molecular flexibility index (Phi) is 13.7. The van der Waals surface area contributed by atoms with Gasteiger partial charge < -0.3 is 21.8 Å². The molecule has 4 heteroatoms. The Morgan fingerprint density at radius 3 is 1.65 bits per heavy atom. The van der Waals surface area contributed by atoms with E-state index in [1.54, 1.807) is 0 Å². The Hall–Kier alpha value is -6.49. The molecule has 2 aliphatic rings. The number of fused-ring (bicyclic) bond motifs is 3. The van der Waals surface area contributed by atoms with E-state index in [0.717, 1.165) is 16.9 Å². The van der Waals surface area contributed by atoms with Crippen molar-refractivity contribution in [2.75, 3.05) is 24.7 Å². The number of hydrogen-bond donors (Lipinski definition) is 4. The van der Waals surface area contributed by atoms with Gasteiger partial charge in [-0.15, -0.1) is 0 Å². The van der Waals surface area contributed by atoms with Gasteiger partial charge >= 0.3 is 0 Å². The Bertz CT molecular complexity index is 2320. The van der Waals surface area contributed by atoms with Crippen LogP contribution in [0.25, 0.3) is 22.3 Å². The molecule has 0 amide bonds. The summed E-state index contributed by atoms with van der Waals surface area (Å²) in [6.45, 7) is 6.50. The lowest BCUT2D eigenvalue weighted by molar-refractivity contribution is 0.667. The van der Waals surface area contributed by atoms with Crippen molar-refractivity contribution in [2.45, 2.75) is 38.1 Å². The standard InChI is InChI=1S/C26H19N.C15H18N2.C7H9N.C5H8/c27-18-19-10-9-17-24-25(19)22-15-7-8-16-23(22)26(24,20-11-3-1-4-12-20)21-13-5-2-6-14-21;1-11-7-9-12(10-8-11)13-5-4-6-14(16-2)15(13)17-3;8-6-7-4-2-1-3-5-7;1-5-3-2-4-5/h1-18,27H;4-10,16-17H,1-3H3;1-5H,6,8H2;1-4H2. The molecule has 0 radical (unpaired) electrons. The van der Waals surface area contributed by atoms with E-state index in [2.05, 4.69) is 164 Å². The van der Waals surface area contributed by atoms with Crippen molar-refractivity contribution in [3.05, 3.63) is 227 Å². The molecule has 1 saturated carbocycles. The van der Waals surface area contributed by atoms with Gasteiger partial charge in [0.05, 0.1) is 16.8 Å². The minimum atomic E-state index is -0.368. The van der Waals surface area contributed by atoms with Crippen LogP contribution < -0.4 is 16.4 Å². The van der Waals surface area contributed by atoms with E-state index >= 15 is 0 Å². The Morgan fingerprint density at radius 2 is 1.14 bits per heavy atom. The molecule has 0 saturated heterocycles. The number of anilines is 2. The lowest BCUT2D eigenvalue weighted by Crippen LogP contribution is -2.28. The first-order valence-electron chi connectivity index (χ1n) is 19.8. The maximum absolute atomic E-state index is 7.97. The molecule has 286 valence electrons. The molecule has 4 nitrogen and oxygen atoms in total. The second-order valence-electron chi connectivity index (χ2n) is 14.3. The van der Waals surface area contributed by atoms with Crippen LogP contribution in [0.2, 0.25) is 0 Å². The molecule has 0 aliphatic heterocycles. The van der Waals surface area contributed by atoms with Crippen LogP contribution >= 0.6 is 0 Å². The van der Waals surface area contributed by atoms with Crippen LogP contribution in [0.5, 0.6) is 0 Å². The number of para-hydroxylation sites is 1. The number of rotatable bonds is 7. The summed E-state index contributed by atoms with van der Waals surface area (Å²) in [7, 11) is 3.89. The van der Waals surface area contributed by atoms with Gasteiger partial charge in [-0.25, -0.2) is 0 Å². The van der Waals surface area contributed by atoms with Crippen LogP contribution in [0.3, 0.4) is 0 Å². The summed E-state index contributed by atoms with van der Waals surface area (Å²) in [4.78, 5) is 0. The highest BCUT2D eigenvalue weighted by Crippen LogP contribution is 2.56. The normalized spacial score (nSPS) is 12.7. The minimum absolute atomic E-state index is 0.368. The lowest BCUT2D eigenvalue weighted by Gasteiger charge is -2.33. The minimum Gasteiger partial charge on any atom is -0.386 e. The molecule has 9 rings (SSSR count). The predicted octanol–water partition coefficient (Wildman–Crippen LogP) is 12.7. The quantitative estimate of drug-likeness (QED) is 0.0969. The van der Waals surface area contributed by atoms with Gasteiger partial charge in [0.2, 0.25) is 0 Å². The number of hydrogen-bond acceptors (Lipinski definition) is 4. The average molecular weight is 747 g/mol. The van der Waals surface area contributed by atoms with Crippen LogP contribution in [-0.4, -0.2) is 20.3 Å². The van der Waals surface area contributed by atoms with E-state index in [9.17, 15) is 0 Å². The highest BCUT2D eigenvalue weighted by Gasteiger charge is 2.46. The van der Waals surface area contributed by atoms with Gasteiger partial charge in [0.15, 0.2) is 0 Å². The first-order chi connectivity index (χ1) is 28.0. The first kappa shape index (κ1) is 40.2. The second-order valence-corrected chi connectivity index (χ2v) is 14.3. The molecule has 0 aromatic heterocycles. The van der Waals surface area contributed by atoms with Crippen LogP contribution in [0.1, 0.15) is 58.2 Å². The maximum Gasteiger partial charge on any atom is 0.0713 e. The third kappa shape index (κ3) is 8.83. The van der Waals surface area contributed by atoms with Crippen molar-refractivity contribution < 1.29 is 0 Å². The molecule has 7 aromatic rings. The number of benzene rings is 7. The lowest BCUT2D eigenvalue weighted by atomic mass is 9.67. The fourth-order valence-electron chi connectivity index (χ4n) is 7.69. The number of nitrogens with one attached hydrogen (secondary N) is 3. The van der Waals surface area contributed by atoms with Crippen molar-refractivity contribution >= 4 is 17.6 Å².